The van der Waals surface area contributed by atoms with E-state index in [0.29, 0.717) is 0 Å². The average Bonchev–Trinajstić information content (AvgIpc) is 2.64. The third kappa shape index (κ3) is 2.98. The Balaban J connectivity index is 1.77. The predicted octanol–water partition coefficient (Wildman–Crippen LogP) is 2.80. The minimum Gasteiger partial charge on any atom is -0.342 e. The Morgan fingerprint density at radius 1 is 0.739 bits per heavy atom. The van der Waals surface area contributed by atoms with Gasteiger partial charge in [0.1, 0.15) is 0 Å². The molecule has 4 rings (SSSR count). The molecule has 0 atom stereocenters. The van der Waals surface area contributed by atoms with Gasteiger partial charge in [0, 0.05) is 36.8 Å². The van der Waals surface area contributed by atoms with Gasteiger partial charge in [-0.25, -0.2) is 0 Å². The molecule has 0 amide bonds. The molecule has 118 valence electrons. The zero-order valence-electron chi connectivity index (χ0n) is 13.3. The van der Waals surface area contributed by atoms with Crippen molar-refractivity contribution in [2.75, 3.05) is 26.2 Å². The summed E-state index contributed by atoms with van der Waals surface area (Å²) in [6.07, 6.45) is 2.41. The van der Waals surface area contributed by atoms with Crippen molar-refractivity contribution in [2.45, 2.75) is 12.8 Å². The Labute approximate surface area is 139 Å². The number of rotatable bonds is 3. The molecule has 0 spiro atoms. The topological polar surface area (TPSA) is 18.8 Å². The molecule has 3 nitrogen and oxygen atoms in total. The second kappa shape index (κ2) is 6.72. The zero-order valence-corrected chi connectivity index (χ0v) is 14.2. The number of aliphatic imine (C=N–C) groups is 1. The van der Waals surface area contributed by atoms with Crippen LogP contribution in [-0.4, -0.2) is 41.7 Å². The molecule has 0 aromatic heterocycles. The molecule has 0 N–H and O–H groups in total. The summed E-state index contributed by atoms with van der Waals surface area (Å²) in [4.78, 5) is 7.37. The normalized spacial score (nSPS) is 17.9. The average molecular weight is 323 g/mol. The van der Waals surface area contributed by atoms with Crippen molar-refractivity contribution >= 4 is 24.6 Å². The van der Waals surface area contributed by atoms with Crippen molar-refractivity contribution in [1.82, 2.24) is 9.57 Å². The first-order chi connectivity index (χ1) is 11.4. The van der Waals surface area contributed by atoms with Gasteiger partial charge in [-0.2, -0.15) is 0 Å². The quantitative estimate of drug-likeness (QED) is 0.809. The number of nitrogens with zero attached hydrogens (tertiary/aromatic N) is 3. The Kier molecular flexibility index (Phi) is 4.30. The number of hydrogen-bond donors (Lipinski definition) is 0. The maximum Gasteiger partial charge on any atom is 0.200 e. The molecule has 2 aliphatic heterocycles. The second-order valence-corrected chi connectivity index (χ2v) is 8.12. The predicted molar refractivity (Wildman–Crippen MR) is 98.9 cm³/mol. The van der Waals surface area contributed by atoms with Crippen LogP contribution in [0.5, 0.6) is 0 Å². The van der Waals surface area contributed by atoms with Gasteiger partial charge < -0.3 is 9.57 Å². The lowest BCUT2D eigenvalue weighted by atomic mass is 10.2. The highest BCUT2D eigenvalue weighted by atomic mass is 31.1. The van der Waals surface area contributed by atoms with Gasteiger partial charge in [0.15, 0.2) is 5.96 Å². The first kappa shape index (κ1) is 14.7. The monoisotopic (exact) mass is 323 g/mol. The largest absolute Gasteiger partial charge is 0.342 e. The van der Waals surface area contributed by atoms with Crippen LogP contribution in [-0.2, 0) is 0 Å². The Morgan fingerprint density at radius 3 is 2.00 bits per heavy atom. The van der Waals surface area contributed by atoms with Gasteiger partial charge in [-0.1, -0.05) is 60.7 Å². The fourth-order valence-corrected chi connectivity index (χ4v) is 5.84. The van der Waals surface area contributed by atoms with Crippen LogP contribution in [0.4, 0.5) is 0 Å². The van der Waals surface area contributed by atoms with E-state index in [4.69, 9.17) is 4.99 Å². The molecule has 1 fully saturated rings. The van der Waals surface area contributed by atoms with Crippen LogP contribution in [0, 0.1) is 0 Å². The molecule has 0 bridgehead atoms. The molecule has 23 heavy (non-hydrogen) atoms. The van der Waals surface area contributed by atoms with E-state index >= 15 is 0 Å². The molecule has 2 aromatic carbocycles. The lowest BCUT2D eigenvalue weighted by Crippen LogP contribution is -2.52. The highest BCUT2D eigenvalue weighted by Crippen LogP contribution is 2.41. The first-order valence-corrected chi connectivity index (χ1v) is 9.70. The zero-order chi connectivity index (χ0) is 15.5. The van der Waals surface area contributed by atoms with Crippen molar-refractivity contribution in [2.24, 2.45) is 4.99 Å². The summed E-state index contributed by atoms with van der Waals surface area (Å²) in [6.45, 7) is 4.38. The van der Waals surface area contributed by atoms with Gasteiger partial charge in [0.25, 0.3) is 0 Å². The summed E-state index contributed by atoms with van der Waals surface area (Å²) in [5, 5.41) is 2.81. The lowest BCUT2D eigenvalue weighted by molar-refractivity contribution is 0.306. The molecule has 0 saturated carbocycles. The maximum atomic E-state index is 4.89. The molecule has 2 aromatic rings. The number of guanidine groups is 1. The van der Waals surface area contributed by atoms with Gasteiger partial charge in [0.2, 0.25) is 0 Å². The van der Waals surface area contributed by atoms with Crippen LogP contribution in [0.1, 0.15) is 12.8 Å². The van der Waals surface area contributed by atoms with Gasteiger partial charge in [-0.05, 0) is 12.8 Å². The smallest absolute Gasteiger partial charge is 0.200 e. The second-order valence-electron chi connectivity index (χ2n) is 5.98. The Bertz CT molecular complexity index is 632. The van der Waals surface area contributed by atoms with E-state index in [1.54, 1.807) is 0 Å². The van der Waals surface area contributed by atoms with Crippen molar-refractivity contribution in [3.05, 3.63) is 60.7 Å². The third-order valence-electron chi connectivity index (χ3n) is 4.39. The van der Waals surface area contributed by atoms with Gasteiger partial charge in [0.05, 0.1) is 8.07 Å². The fraction of sp³-hybridized carbons (Fsp3) is 0.316. The summed E-state index contributed by atoms with van der Waals surface area (Å²) in [6, 6.07) is 21.9. The molecule has 1 saturated heterocycles. The van der Waals surface area contributed by atoms with Crippen molar-refractivity contribution in [3.8, 4) is 0 Å². The van der Waals surface area contributed by atoms with Crippen molar-refractivity contribution < 1.29 is 0 Å². The Morgan fingerprint density at radius 2 is 1.35 bits per heavy atom. The van der Waals surface area contributed by atoms with Crippen molar-refractivity contribution in [3.63, 3.8) is 0 Å². The highest BCUT2D eigenvalue weighted by molar-refractivity contribution is 7.71. The number of benzene rings is 2. The summed E-state index contributed by atoms with van der Waals surface area (Å²) >= 11 is 0. The van der Waals surface area contributed by atoms with Gasteiger partial charge in [-0.15, -0.1) is 0 Å². The highest BCUT2D eigenvalue weighted by Gasteiger charge is 2.32. The third-order valence-corrected chi connectivity index (χ3v) is 6.83. The van der Waals surface area contributed by atoms with Crippen LogP contribution in [0.2, 0.25) is 0 Å². The molecule has 4 heteroatoms. The SMILES string of the molecule is c1ccc(P(c2ccccc2)N2CCCN3CCCN=C32)cc1. The van der Waals surface area contributed by atoms with E-state index in [1.165, 1.54) is 29.4 Å². The van der Waals surface area contributed by atoms with Crippen molar-refractivity contribution in [1.29, 1.82) is 0 Å². The summed E-state index contributed by atoms with van der Waals surface area (Å²) < 4.78 is 2.57. The van der Waals surface area contributed by atoms with Crippen LogP contribution in [0.3, 0.4) is 0 Å². The molecule has 0 aliphatic carbocycles. The molecular formula is C19H22N3P. The van der Waals surface area contributed by atoms with Gasteiger partial charge >= 0.3 is 0 Å². The molecule has 0 unspecified atom stereocenters. The summed E-state index contributed by atoms with van der Waals surface area (Å²) in [7, 11) is -0.552. The maximum absolute atomic E-state index is 4.89. The minimum absolute atomic E-state index is 0.552. The summed E-state index contributed by atoms with van der Waals surface area (Å²) in [5.74, 6) is 1.22. The molecule has 0 radical (unpaired) electrons. The van der Waals surface area contributed by atoms with Crippen LogP contribution < -0.4 is 10.6 Å². The first-order valence-electron chi connectivity index (χ1n) is 8.40. The molecule has 2 heterocycles. The van der Waals surface area contributed by atoms with E-state index in [0.717, 1.165) is 26.2 Å². The van der Waals surface area contributed by atoms with Crippen LogP contribution in [0.25, 0.3) is 0 Å². The Hall–Kier alpha value is -1.86. The van der Waals surface area contributed by atoms with E-state index in [9.17, 15) is 0 Å². The van der Waals surface area contributed by atoms with Gasteiger partial charge in [-0.3, -0.25) is 4.99 Å². The fourth-order valence-electron chi connectivity index (χ4n) is 3.36. The van der Waals surface area contributed by atoms with Crippen LogP contribution in [0.15, 0.2) is 65.7 Å². The lowest BCUT2D eigenvalue weighted by Gasteiger charge is -2.44. The van der Waals surface area contributed by atoms with E-state index in [2.05, 4.69) is 70.2 Å². The van der Waals surface area contributed by atoms with E-state index in [-0.39, 0.29) is 0 Å². The minimum atomic E-state index is -0.552. The van der Waals surface area contributed by atoms with E-state index < -0.39 is 8.07 Å². The molecular weight excluding hydrogens is 301 g/mol. The molecule has 2 aliphatic rings. The van der Waals surface area contributed by atoms with E-state index in [1.807, 2.05) is 0 Å². The van der Waals surface area contributed by atoms with Crippen LogP contribution >= 0.6 is 8.07 Å². The standard InChI is InChI=1S/C19H22N3P/c1-3-9-17(10-4-1)23(18-11-5-2-6-12-18)22-16-8-15-21-14-7-13-20-19(21)22/h1-6,9-12H,7-8,13-16H2. The number of hydrogen-bond acceptors (Lipinski definition) is 3. The number of fused-ring (bicyclic) bond motifs is 1. The summed E-state index contributed by atoms with van der Waals surface area (Å²) in [5.41, 5.74) is 0.